The Kier molecular flexibility index (Phi) is 4.50. The van der Waals surface area contributed by atoms with Crippen LogP contribution < -0.4 is 11.1 Å². The third-order valence-electron chi connectivity index (χ3n) is 3.05. The lowest BCUT2D eigenvalue weighted by Crippen LogP contribution is -2.37. The third kappa shape index (κ3) is 4.04. The number of carbonyl (C=O) groups is 1. The molecule has 0 saturated carbocycles. The summed E-state index contributed by atoms with van der Waals surface area (Å²) >= 11 is 0. The highest BCUT2D eigenvalue weighted by molar-refractivity contribution is 5.83. The highest BCUT2D eigenvalue weighted by Crippen LogP contribution is 2.17. The van der Waals surface area contributed by atoms with Crippen molar-refractivity contribution in [3.05, 3.63) is 70.3 Å². The second-order valence-electron chi connectivity index (χ2n) is 4.59. The zero-order valence-corrected chi connectivity index (χ0v) is 11.2. The number of carbonyl (C=O) groups excluding carboxylic acids is 1. The van der Waals surface area contributed by atoms with E-state index in [0.29, 0.717) is 12.1 Å². The molecule has 6 heteroatoms. The molecule has 0 radical (unpaired) electrons. The van der Waals surface area contributed by atoms with Gasteiger partial charge in [-0.3, -0.25) is 14.9 Å². The summed E-state index contributed by atoms with van der Waals surface area (Å²) < 4.78 is 0. The van der Waals surface area contributed by atoms with E-state index in [1.165, 1.54) is 12.1 Å². The van der Waals surface area contributed by atoms with Crippen molar-refractivity contribution < 1.29 is 9.72 Å². The van der Waals surface area contributed by atoms with Crippen LogP contribution in [0.25, 0.3) is 0 Å². The van der Waals surface area contributed by atoms with Crippen LogP contribution in [0.4, 0.5) is 11.4 Å². The lowest BCUT2D eigenvalue weighted by molar-refractivity contribution is -0.384. The van der Waals surface area contributed by atoms with Crippen molar-refractivity contribution in [2.45, 2.75) is 12.5 Å². The molecule has 0 aliphatic heterocycles. The first-order valence-electron chi connectivity index (χ1n) is 6.40. The van der Waals surface area contributed by atoms with E-state index in [0.717, 1.165) is 5.56 Å². The lowest BCUT2D eigenvalue weighted by atomic mass is 10.1. The Morgan fingerprint density at radius 2 is 1.76 bits per heavy atom. The van der Waals surface area contributed by atoms with Gasteiger partial charge in [-0.15, -0.1) is 0 Å². The number of non-ortho nitro benzene ring substituents is 1. The van der Waals surface area contributed by atoms with Gasteiger partial charge in [0.2, 0.25) is 5.91 Å². The fourth-order valence-electron chi connectivity index (χ4n) is 1.95. The van der Waals surface area contributed by atoms with Gasteiger partial charge in [-0.25, -0.2) is 0 Å². The first-order chi connectivity index (χ1) is 10.1. The van der Waals surface area contributed by atoms with Gasteiger partial charge in [0.15, 0.2) is 0 Å². The molecule has 0 aliphatic rings. The summed E-state index contributed by atoms with van der Waals surface area (Å²) in [7, 11) is 0. The van der Waals surface area contributed by atoms with Crippen LogP contribution in [0.2, 0.25) is 0 Å². The Hall–Kier alpha value is -2.89. The number of nitro benzene ring substituents is 1. The third-order valence-corrected chi connectivity index (χ3v) is 3.05. The van der Waals surface area contributed by atoms with Crippen molar-refractivity contribution in [2.75, 3.05) is 5.32 Å². The summed E-state index contributed by atoms with van der Waals surface area (Å²) in [6.45, 7) is 0. The second-order valence-corrected chi connectivity index (χ2v) is 4.59. The van der Waals surface area contributed by atoms with Gasteiger partial charge in [-0.2, -0.15) is 0 Å². The molecule has 0 saturated heterocycles. The maximum Gasteiger partial charge on any atom is 0.269 e. The highest BCUT2D eigenvalue weighted by Gasteiger charge is 2.16. The van der Waals surface area contributed by atoms with Gasteiger partial charge >= 0.3 is 0 Å². The van der Waals surface area contributed by atoms with E-state index in [1.54, 1.807) is 12.1 Å². The molecule has 108 valence electrons. The maximum absolute atomic E-state index is 11.5. The zero-order valence-electron chi connectivity index (χ0n) is 11.2. The molecule has 0 fully saturated rings. The number of primary amides is 1. The summed E-state index contributed by atoms with van der Waals surface area (Å²) in [5.74, 6) is -0.475. The van der Waals surface area contributed by atoms with Gasteiger partial charge in [0.05, 0.1) is 4.92 Å². The number of nitrogens with two attached hydrogens (primary N) is 1. The van der Waals surface area contributed by atoms with E-state index >= 15 is 0 Å². The van der Waals surface area contributed by atoms with Gasteiger partial charge < -0.3 is 11.1 Å². The lowest BCUT2D eigenvalue weighted by Gasteiger charge is -2.16. The molecule has 6 nitrogen and oxygen atoms in total. The standard InChI is InChI=1S/C15H15N3O3/c16-15(19)14(10-11-4-2-1-3-5-11)17-12-6-8-13(9-7-12)18(20)21/h1-9,14,17H,10H2,(H2,16,19)/t14-/m0/s1. The number of benzene rings is 2. The number of nitrogens with zero attached hydrogens (tertiary/aromatic N) is 1. The largest absolute Gasteiger partial charge is 0.373 e. The van der Waals surface area contributed by atoms with E-state index in [4.69, 9.17) is 5.73 Å². The number of anilines is 1. The van der Waals surface area contributed by atoms with Crippen molar-refractivity contribution in [1.82, 2.24) is 0 Å². The second kappa shape index (κ2) is 6.51. The molecule has 2 aromatic carbocycles. The average Bonchev–Trinajstić information content (AvgIpc) is 2.48. The molecule has 3 N–H and O–H groups in total. The van der Waals surface area contributed by atoms with Crippen molar-refractivity contribution >= 4 is 17.3 Å². The normalized spacial score (nSPS) is 11.6. The Labute approximate surface area is 121 Å². The van der Waals surface area contributed by atoms with Crippen LogP contribution in [0, 0.1) is 10.1 Å². The monoisotopic (exact) mass is 285 g/mol. The summed E-state index contributed by atoms with van der Waals surface area (Å²) in [5.41, 5.74) is 6.99. The Morgan fingerprint density at radius 1 is 1.14 bits per heavy atom. The Balaban J connectivity index is 2.09. The van der Waals surface area contributed by atoms with Gasteiger partial charge in [0, 0.05) is 24.2 Å². The topological polar surface area (TPSA) is 98.3 Å². The number of amides is 1. The minimum Gasteiger partial charge on any atom is -0.373 e. The minimum absolute atomic E-state index is 0.000709. The van der Waals surface area contributed by atoms with E-state index in [9.17, 15) is 14.9 Å². The number of nitrogens with one attached hydrogen (secondary N) is 1. The average molecular weight is 285 g/mol. The molecule has 0 aromatic heterocycles. The smallest absolute Gasteiger partial charge is 0.269 e. The van der Waals surface area contributed by atoms with Crippen LogP contribution in [0.5, 0.6) is 0 Å². The van der Waals surface area contributed by atoms with E-state index in [1.807, 2.05) is 30.3 Å². The molecule has 0 heterocycles. The van der Waals surface area contributed by atoms with Crippen LogP contribution >= 0.6 is 0 Å². The van der Waals surface area contributed by atoms with Crippen LogP contribution in [-0.2, 0) is 11.2 Å². The van der Waals surface area contributed by atoms with Crippen LogP contribution in [0.1, 0.15) is 5.56 Å². The van der Waals surface area contributed by atoms with Gasteiger partial charge in [0.25, 0.3) is 5.69 Å². The van der Waals surface area contributed by atoms with Crippen molar-refractivity contribution in [1.29, 1.82) is 0 Å². The zero-order chi connectivity index (χ0) is 15.2. The first kappa shape index (κ1) is 14.5. The molecule has 2 aromatic rings. The number of nitro groups is 1. The highest BCUT2D eigenvalue weighted by atomic mass is 16.6. The molecule has 2 rings (SSSR count). The van der Waals surface area contributed by atoms with Crippen molar-refractivity contribution in [3.8, 4) is 0 Å². The summed E-state index contributed by atoms with van der Waals surface area (Å²) in [4.78, 5) is 21.7. The fourth-order valence-corrected chi connectivity index (χ4v) is 1.95. The molecule has 0 aliphatic carbocycles. The van der Waals surface area contributed by atoms with Crippen LogP contribution in [-0.4, -0.2) is 16.9 Å². The quantitative estimate of drug-likeness (QED) is 0.627. The van der Waals surface area contributed by atoms with Gasteiger partial charge in [0.1, 0.15) is 6.04 Å². The van der Waals surface area contributed by atoms with Crippen molar-refractivity contribution in [2.24, 2.45) is 5.73 Å². The number of hydrogen-bond donors (Lipinski definition) is 2. The van der Waals surface area contributed by atoms with Gasteiger partial charge in [-0.1, -0.05) is 30.3 Å². The molecule has 0 unspecified atom stereocenters. The summed E-state index contributed by atoms with van der Waals surface area (Å²) in [6.07, 6.45) is 0.452. The SMILES string of the molecule is NC(=O)[C@H](Cc1ccccc1)Nc1ccc([N+](=O)[O-])cc1. The van der Waals surface area contributed by atoms with Crippen LogP contribution in [0.15, 0.2) is 54.6 Å². The minimum atomic E-state index is -0.575. The predicted molar refractivity (Wildman–Crippen MR) is 79.8 cm³/mol. The molecule has 21 heavy (non-hydrogen) atoms. The Morgan fingerprint density at radius 3 is 2.29 bits per heavy atom. The fraction of sp³-hybridized carbons (Fsp3) is 0.133. The number of hydrogen-bond acceptors (Lipinski definition) is 4. The number of rotatable bonds is 6. The molecule has 0 spiro atoms. The molecule has 1 atom stereocenters. The van der Waals surface area contributed by atoms with Crippen LogP contribution in [0.3, 0.4) is 0 Å². The first-order valence-corrected chi connectivity index (χ1v) is 6.40. The summed E-state index contributed by atoms with van der Waals surface area (Å²) in [6, 6.07) is 14.8. The van der Waals surface area contributed by atoms with E-state index in [-0.39, 0.29) is 5.69 Å². The van der Waals surface area contributed by atoms with E-state index < -0.39 is 16.9 Å². The predicted octanol–water partition coefficient (Wildman–Crippen LogP) is 2.10. The van der Waals surface area contributed by atoms with Crippen molar-refractivity contribution in [3.63, 3.8) is 0 Å². The Bertz CT molecular complexity index is 626. The molecular weight excluding hydrogens is 270 g/mol. The van der Waals surface area contributed by atoms with Gasteiger partial charge in [-0.05, 0) is 17.7 Å². The molecule has 0 bridgehead atoms. The van der Waals surface area contributed by atoms with E-state index in [2.05, 4.69) is 5.32 Å². The summed E-state index contributed by atoms with van der Waals surface area (Å²) in [5, 5.41) is 13.6. The maximum atomic E-state index is 11.5. The molecular formula is C15H15N3O3. The molecule has 1 amide bonds.